The van der Waals surface area contributed by atoms with E-state index in [0.717, 1.165) is 31.4 Å². The molecule has 2 unspecified atom stereocenters. The van der Waals surface area contributed by atoms with E-state index in [9.17, 15) is 9.90 Å². The zero-order valence-corrected chi connectivity index (χ0v) is 9.15. The molecule has 0 spiro atoms. The Morgan fingerprint density at radius 1 is 1.56 bits per heavy atom. The molecule has 2 rings (SSSR count). The molecule has 0 bridgehead atoms. The maximum Gasteiger partial charge on any atom is 0.226 e. The zero-order valence-electron chi connectivity index (χ0n) is 9.15. The molecule has 88 valence electrons. The number of nitrogens with one attached hydrogen (secondary N) is 2. The van der Waals surface area contributed by atoms with Crippen LogP contribution in [0.5, 0.6) is 0 Å². The van der Waals surface area contributed by atoms with Crippen molar-refractivity contribution in [3.63, 3.8) is 0 Å². The average molecular weight is 223 g/mol. The van der Waals surface area contributed by atoms with Crippen molar-refractivity contribution in [1.29, 1.82) is 0 Å². The minimum absolute atomic E-state index is 0.0600. The number of carbonyl (C=O) groups is 1. The molecule has 5 nitrogen and oxygen atoms in total. The lowest BCUT2D eigenvalue weighted by Crippen LogP contribution is -2.45. The van der Waals surface area contributed by atoms with Crippen LogP contribution in [0.2, 0.25) is 0 Å². The molecule has 1 heterocycles. The van der Waals surface area contributed by atoms with Crippen LogP contribution in [0.15, 0.2) is 12.3 Å². The van der Waals surface area contributed by atoms with Crippen molar-refractivity contribution >= 4 is 5.91 Å². The molecule has 1 aromatic rings. The number of nitrogens with zero attached hydrogens (tertiary/aromatic N) is 1. The average Bonchev–Trinajstić information content (AvgIpc) is 2.74. The largest absolute Gasteiger partial charge is 0.391 e. The summed E-state index contributed by atoms with van der Waals surface area (Å²) in [5.74, 6) is -0.0600. The van der Waals surface area contributed by atoms with E-state index >= 15 is 0 Å². The van der Waals surface area contributed by atoms with E-state index in [0.29, 0.717) is 6.42 Å². The normalized spacial score (nSPS) is 25.3. The first-order chi connectivity index (χ1) is 7.75. The molecule has 0 radical (unpaired) electrons. The Hall–Kier alpha value is -1.36. The lowest BCUT2D eigenvalue weighted by molar-refractivity contribution is -0.122. The van der Waals surface area contributed by atoms with E-state index in [1.165, 1.54) is 0 Å². The van der Waals surface area contributed by atoms with Crippen molar-refractivity contribution in [3.8, 4) is 0 Å². The molecule has 1 saturated carbocycles. The fraction of sp³-hybridized carbons (Fsp3) is 0.636. The van der Waals surface area contributed by atoms with Gasteiger partial charge in [-0.1, -0.05) is 12.8 Å². The number of aliphatic hydroxyl groups is 1. The van der Waals surface area contributed by atoms with E-state index < -0.39 is 0 Å². The molecule has 1 fully saturated rings. The lowest BCUT2D eigenvalue weighted by atomic mass is 9.92. The van der Waals surface area contributed by atoms with Gasteiger partial charge >= 0.3 is 0 Å². The standard InChI is InChI=1S/C11H17N3O2/c15-10-4-2-1-3-9(10)13-11(16)7-8-5-6-12-14-8/h5-6,9-10,15H,1-4,7H2,(H,12,14)(H,13,16). The molecule has 1 aromatic heterocycles. The van der Waals surface area contributed by atoms with Crippen molar-refractivity contribution in [1.82, 2.24) is 15.5 Å². The number of hydrogen-bond donors (Lipinski definition) is 3. The Labute approximate surface area is 94.2 Å². The van der Waals surface area contributed by atoms with Crippen molar-refractivity contribution in [2.45, 2.75) is 44.2 Å². The Balaban J connectivity index is 1.82. The predicted octanol–water partition coefficient (Wildman–Crippen LogP) is 0.372. The Kier molecular flexibility index (Phi) is 3.56. The van der Waals surface area contributed by atoms with Crippen LogP contribution in [0, 0.1) is 0 Å². The van der Waals surface area contributed by atoms with Crippen LogP contribution < -0.4 is 5.32 Å². The number of amides is 1. The van der Waals surface area contributed by atoms with Crippen LogP contribution in [0.1, 0.15) is 31.4 Å². The number of aliphatic hydroxyl groups excluding tert-OH is 1. The summed E-state index contributed by atoms with van der Waals surface area (Å²) in [6.07, 6.45) is 5.31. The van der Waals surface area contributed by atoms with Gasteiger partial charge in [0.1, 0.15) is 0 Å². The second-order valence-electron chi connectivity index (χ2n) is 4.28. The van der Waals surface area contributed by atoms with Gasteiger partial charge in [-0.05, 0) is 18.9 Å². The summed E-state index contributed by atoms with van der Waals surface area (Å²) in [6.45, 7) is 0. The fourth-order valence-electron chi connectivity index (χ4n) is 2.09. The molecule has 0 aromatic carbocycles. The van der Waals surface area contributed by atoms with Gasteiger partial charge in [-0.2, -0.15) is 5.10 Å². The minimum atomic E-state index is -0.389. The molecule has 1 aliphatic rings. The molecule has 1 amide bonds. The molecule has 3 N–H and O–H groups in total. The molecular weight excluding hydrogens is 206 g/mol. The Morgan fingerprint density at radius 2 is 2.38 bits per heavy atom. The molecule has 2 atom stereocenters. The summed E-state index contributed by atoms with van der Waals surface area (Å²) >= 11 is 0. The van der Waals surface area contributed by atoms with Crippen LogP contribution in [-0.4, -0.2) is 33.4 Å². The van der Waals surface area contributed by atoms with Gasteiger partial charge in [0.15, 0.2) is 0 Å². The van der Waals surface area contributed by atoms with E-state index in [1.807, 2.05) is 0 Å². The van der Waals surface area contributed by atoms with Crippen LogP contribution in [0.25, 0.3) is 0 Å². The maximum absolute atomic E-state index is 11.7. The first kappa shape index (κ1) is 11.1. The highest BCUT2D eigenvalue weighted by molar-refractivity contribution is 5.78. The van der Waals surface area contributed by atoms with Gasteiger partial charge in [-0.25, -0.2) is 0 Å². The van der Waals surface area contributed by atoms with E-state index in [4.69, 9.17) is 0 Å². The third-order valence-corrected chi connectivity index (χ3v) is 2.99. The number of aromatic amines is 1. The molecule has 0 aliphatic heterocycles. The minimum Gasteiger partial charge on any atom is -0.391 e. The van der Waals surface area contributed by atoms with Gasteiger partial charge in [0, 0.05) is 11.9 Å². The monoisotopic (exact) mass is 223 g/mol. The van der Waals surface area contributed by atoms with Crippen LogP contribution in [-0.2, 0) is 11.2 Å². The second kappa shape index (κ2) is 5.12. The van der Waals surface area contributed by atoms with Crippen molar-refractivity contribution < 1.29 is 9.90 Å². The SMILES string of the molecule is O=C(Cc1ccn[nH]1)NC1CCCCC1O. The smallest absolute Gasteiger partial charge is 0.226 e. The molecule has 1 aliphatic carbocycles. The van der Waals surface area contributed by atoms with Gasteiger partial charge in [0.25, 0.3) is 0 Å². The van der Waals surface area contributed by atoms with Gasteiger partial charge in [-0.15, -0.1) is 0 Å². The topological polar surface area (TPSA) is 78.0 Å². The van der Waals surface area contributed by atoms with E-state index in [1.54, 1.807) is 12.3 Å². The first-order valence-corrected chi connectivity index (χ1v) is 5.71. The maximum atomic E-state index is 11.7. The van der Waals surface area contributed by atoms with Crippen LogP contribution in [0.4, 0.5) is 0 Å². The van der Waals surface area contributed by atoms with Crippen molar-refractivity contribution in [3.05, 3.63) is 18.0 Å². The first-order valence-electron chi connectivity index (χ1n) is 5.71. The van der Waals surface area contributed by atoms with E-state index in [-0.39, 0.29) is 18.1 Å². The number of rotatable bonds is 3. The quantitative estimate of drug-likeness (QED) is 0.693. The van der Waals surface area contributed by atoms with Crippen molar-refractivity contribution in [2.24, 2.45) is 0 Å². The zero-order chi connectivity index (χ0) is 11.4. The summed E-state index contributed by atoms with van der Waals surface area (Å²) in [5, 5.41) is 19.1. The number of aromatic nitrogens is 2. The highest BCUT2D eigenvalue weighted by Crippen LogP contribution is 2.18. The van der Waals surface area contributed by atoms with Crippen LogP contribution >= 0.6 is 0 Å². The third kappa shape index (κ3) is 2.82. The van der Waals surface area contributed by atoms with Crippen LogP contribution in [0.3, 0.4) is 0 Å². The predicted molar refractivity (Wildman–Crippen MR) is 58.7 cm³/mol. The fourth-order valence-corrected chi connectivity index (χ4v) is 2.09. The molecular formula is C11H17N3O2. The highest BCUT2D eigenvalue weighted by Gasteiger charge is 2.24. The number of carbonyl (C=O) groups excluding carboxylic acids is 1. The van der Waals surface area contributed by atoms with Crippen molar-refractivity contribution in [2.75, 3.05) is 0 Å². The summed E-state index contributed by atoms with van der Waals surface area (Å²) in [4.78, 5) is 11.7. The lowest BCUT2D eigenvalue weighted by Gasteiger charge is -2.28. The molecule has 0 saturated heterocycles. The highest BCUT2D eigenvalue weighted by atomic mass is 16.3. The van der Waals surface area contributed by atoms with Gasteiger partial charge in [-0.3, -0.25) is 9.89 Å². The number of H-pyrrole nitrogens is 1. The number of hydrogen-bond acceptors (Lipinski definition) is 3. The molecule has 5 heteroatoms. The Morgan fingerprint density at radius 3 is 3.06 bits per heavy atom. The summed E-state index contributed by atoms with van der Waals surface area (Å²) in [7, 11) is 0. The van der Waals surface area contributed by atoms with Gasteiger partial charge < -0.3 is 10.4 Å². The summed E-state index contributed by atoms with van der Waals surface area (Å²) in [6, 6.07) is 1.70. The summed E-state index contributed by atoms with van der Waals surface area (Å²) < 4.78 is 0. The second-order valence-corrected chi connectivity index (χ2v) is 4.28. The van der Waals surface area contributed by atoms with Gasteiger partial charge in [0.05, 0.1) is 18.6 Å². The van der Waals surface area contributed by atoms with E-state index in [2.05, 4.69) is 15.5 Å². The van der Waals surface area contributed by atoms with Gasteiger partial charge in [0.2, 0.25) is 5.91 Å². The Bertz CT molecular complexity index is 337. The summed E-state index contributed by atoms with van der Waals surface area (Å²) in [5.41, 5.74) is 0.794. The molecule has 16 heavy (non-hydrogen) atoms. The third-order valence-electron chi connectivity index (χ3n) is 2.99.